The van der Waals surface area contributed by atoms with Crippen molar-refractivity contribution >= 4 is 11.9 Å². The zero-order valence-corrected chi connectivity index (χ0v) is 9.28. The summed E-state index contributed by atoms with van der Waals surface area (Å²) in [6.45, 7) is 0. The molecule has 0 aliphatic heterocycles. The van der Waals surface area contributed by atoms with Gasteiger partial charge in [0.05, 0.1) is 0 Å². The van der Waals surface area contributed by atoms with E-state index >= 15 is 0 Å². The first-order valence-electron chi connectivity index (χ1n) is 4.86. The van der Waals surface area contributed by atoms with Gasteiger partial charge in [-0.1, -0.05) is 30.3 Å². The van der Waals surface area contributed by atoms with Gasteiger partial charge in [0.1, 0.15) is 0 Å². The summed E-state index contributed by atoms with van der Waals surface area (Å²) in [6, 6.07) is 9.84. The summed E-state index contributed by atoms with van der Waals surface area (Å²) in [5.74, 6) is -3.00. The van der Waals surface area contributed by atoms with Crippen molar-refractivity contribution in [2.75, 3.05) is 0 Å². The summed E-state index contributed by atoms with van der Waals surface area (Å²) in [6.07, 6.45) is -3.90. The molecule has 0 heterocycles. The first-order chi connectivity index (χ1) is 8.23. The number of primary amides is 1. The van der Waals surface area contributed by atoms with Gasteiger partial charge in [0.25, 0.3) is 0 Å². The Hall–Kier alpha value is -2.05. The summed E-state index contributed by atoms with van der Waals surface area (Å²) < 4.78 is 31.7. The third kappa shape index (κ3) is 8.14. The molecule has 0 saturated carbocycles. The number of benzene rings is 1. The highest BCUT2D eigenvalue weighted by molar-refractivity contribution is 5.74. The monoisotopic (exact) mass is 263 g/mol. The molecule has 0 aromatic heterocycles. The average molecular weight is 263 g/mol. The van der Waals surface area contributed by atoms with Gasteiger partial charge in [0.15, 0.2) is 0 Å². The summed E-state index contributed by atoms with van der Waals surface area (Å²) in [7, 11) is 0. The van der Waals surface area contributed by atoms with Crippen LogP contribution < -0.4 is 5.73 Å². The lowest BCUT2D eigenvalue weighted by Gasteiger charge is -1.96. The predicted molar refractivity (Wildman–Crippen MR) is 57.6 cm³/mol. The van der Waals surface area contributed by atoms with Gasteiger partial charge in [-0.3, -0.25) is 4.79 Å². The first kappa shape index (κ1) is 16.0. The third-order valence-electron chi connectivity index (χ3n) is 1.75. The van der Waals surface area contributed by atoms with Crippen LogP contribution in [0.1, 0.15) is 12.0 Å². The number of hydrogen-bond acceptors (Lipinski definition) is 2. The third-order valence-corrected chi connectivity index (χ3v) is 1.75. The van der Waals surface area contributed by atoms with Crippen LogP contribution >= 0.6 is 0 Å². The Bertz CT molecular complexity index is 390. The maximum absolute atomic E-state index is 10.6. The van der Waals surface area contributed by atoms with Crippen LogP contribution in [-0.2, 0) is 16.0 Å². The van der Waals surface area contributed by atoms with Gasteiger partial charge in [-0.15, -0.1) is 0 Å². The maximum atomic E-state index is 10.6. The second-order valence-corrected chi connectivity index (χ2v) is 3.25. The molecule has 1 aromatic carbocycles. The molecule has 0 radical (unpaired) electrons. The molecular weight excluding hydrogens is 251 g/mol. The molecule has 4 nitrogen and oxygen atoms in total. The van der Waals surface area contributed by atoms with Gasteiger partial charge in [0, 0.05) is 6.42 Å². The molecule has 0 unspecified atom stereocenters. The van der Waals surface area contributed by atoms with E-state index in [9.17, 15) is 18.0 Å². The molecule has 3 N–H and O–H groups in total. The van der Waals surface area contributed by atoms with Crippen LogP contribution in [0, 0.1) is 0 Å². The van der Waals surface area contributed by atoms with Crippen LogP contribution in [0.15, 0.2) is 30.3 Å². The second-order valence-electron chi connectivity index (χ2n) is 3.25. The van der Waals surface area contributed by atoms with Crippen molar-refractivity contribution in [2.45, 2.75) is 19.0 Å². The van der Waals surface area contributed by atoms with Crippen LogP contribution in [0.3, 0.4) is 0 Å². The van der Waals surface area contributed by atoms with E-state index in [1.54, 1.807) is 0 Å². The highest BCUT2D eigenvalue weighted by atomic mass is 19.4. The van der Waals surface area contributed by atoms with Crippen LogP contribution in [-0.4, -0.2) is 23.2 Å². The summed E-state index contributed by atoms with van der Waals surface area (Å²) in [4.78, 5) is 19.3. The summed E-state index contributed by atoms with van der Waals surface area (Å²) >= 11 is 0. The van der Waals surface area contributed by atoms with Crippen molar-refractivity contribution in [3.63, 3.8) is 0 Å². The molecule has 100 valence electrons. The lowest BCUT2D eigenvalue weighted by atomic mass is 10.1. The predicted octanol–water partition coefficient (Wildman–Crippen LogP) is 1.74. The molecule has 1 amide bonds. The number of carbonyl (C=O) groups excluding carboxylic acids is 1. The van der Waals surface area contributed by atoms with Crippen LogP contribution in [0.4, 0.5) is 13.2 Å². The van der Waals surface area contributed by atoms with E-state index in [1.165, 1.54) is 0 Å². The minimum Gasteiger partial charge on any atom is -0.475 e. The molecule has 0 aliphatic carbocycles. The van der Waals surface area contributed by atoms with Crippen LogP contribution in [0.5, 0.6) is 0 Å². The number of hydrogen-bond donors (Lipinski definition) is 2. The highest BCUT2D eigenvalue weighted by Gasteiger charge is 2.38. The second kappa shape index (κ2) is 7.31. The average Bonchev–Trinajstić information content (AvgIpc) is 2.27. The molecule has 0 atom stereocenters. The lowest BCUT2D eigenvalue weighted by molar-refractivity contribution is -0.192. The fourth-order valence-corrected chi connectivity index (χ4v) is 0.912. The SMILES string of the molecule is NC(=O)CCc1ccccc1.O=C(O)C(F)(F)F. The minimum absolute atomic E-state index is 0.242. The number of alkyl halides is 3. The van der Waals surface area contributed by atoms with E-state index in [4.69, 9.17) is 15.6 Å². The zero-order chi connectivity index (χ0) is 14.2. The Morgan fingerprint density at radius 2 is 1.61 bits per heavy atom. The van der Waals surface area contributed by atoms with Crippen molar-refractivity contribution in [1.29, 1.82) is 0 Å². The van der Waals surface area contributed by atoms with Crippen LogP contribution in [0.25, 0.3) is 0 Å². The number of amides is 1. The molecule has 1 aromatic rings. The Kier molecular flexibility index (Phi) is 6.48. The van der Waals surface area contributed by atoms with E-state index < -0.39 is 12.1 Å². The van der Waals surface area contributed by atoms with Crippen molar-refractivity contribution in [2.24, 2.45) is 5.73 Å². The van der Waals surface area contributed by atoms with Gasteiger partial charge >= 0.3 is 12.1 Å². The number of rotatable bonds is 3. The van der Waals surface area contributed by atoms with E-state index in [2.05, 4.69) is 0 Å². The minimum atomic E-state index is -5.08. The fraction of sp³-hybridized carbons (Fsp3) is 0.273. The molecular formula is C11H12F3NO3. The van der Waals surface area contributed by atoms with Gasteiger partial charge in [-0.05, 0) is 12.0 Å². The summed E-state index contributed by atoms with van der Waals surface area (Å²) in [5, 5.41) is 7.12. The standard InChI is InChI=1S/C9H11NO.C2HF3O2/c10-9(11)7-6-8-4-2-1-3-5-8;3-2(4,5)1(6)7/h1-5H,6-7H2,(H2,10,11);(H,6,7). The number of aliphatic carboxylic acids is 1. The number of nitrogens with two attached hydrogens (primary N) is 1. The zero-order valence-electron chi connectivity index (χ0n) is 9.28. The molecule has 0 bridgehead atoms. The number of carboxylic acids is 1. The van der Waals surface area contributed by atoms with Crippen molar-refractivity contribution in [1.82, 2.24) is 0 Å². The number of carbonyl (C=O) groups is 2. The van der Waals surface area contributed by atoms with Crippen molar-refractivity contribution < 1.29 is 27.9 Å². The van der Waals surface area contributed by atoms with Crippen molar-refractivity contribution in [3.05, 3.63) is 35.9 Å². The highest BCUT2D eigenvalue weighted by Crippen LogP contribution is 2.13. The van der Waals surface area contributed by atoms with Gasteiger partial charge < -0.3 is 10.8 Å². The lowest BCUT2D eigenvalue weighted by Crippen LogP contribution is -2.21. The number of aryl methyl sites for hydroxylation is 1. The number of halogens is 3. The molecule has 0 aliphatic rings. The Balaban J connectivity index is 0.000000360. The molecule has 18 heavy (non-hydrogen) atoms. The van der Waals surface area contributed by atoms with Gasteiger partial charge in [0.2, 0.25) is 5.91 Å². The Morgan fingerprint density at radius 3 is 1.94 bits per heavy atom. The molecule has 0 spiro atoms. The molecule has 1 rings (SSSR count). The maximum Gasteiger partial charge on any atom is 0.490 e. The largest absolute Gasteiger partial charge is 0.490 e. The quantitative estimate of drug-likeness (QED) is 0.871. The Morgan fingerprint density at radius 1 is 1.17 bits per heavy atom. The van der Waals surface area contributed by atoms with Crippen molar-refractivity contribution in [3.8, 4) is 0 Å². The smallest absolute Gasteiger partial charge is 0.475 e. The van der Waals surface area contributed by atoms with Gasteiger partial charge in [-0.25, -0.2) is 4.79 Å². The summed E-state index contributed by atoms with van der Waals surface area (Å²) in [5.41, 5.74) is 6.16. The topological polar surface area (TPSA) is 80.4 Å². The first-order valence-corrected chi connectivity index (χ1v) is 4.86. The molecule has 7 heteroatoms. The van der Waals surface area contributed by atoms with E-state index in [0.717, 1.165) is 12.0 Å². The molecule has 0 fully saturated rings. The van der Waals surface area contributed by atoms with Gasteiger partial charge in [-0.2, -0.15) is 13.2 Å². The fourth-order valence-electron chi connectivity index (χ4n) is 0.912. The van der Waals surface area contributed by atoms with E-state index in [-0.39, 0.29) is 5.91 Å². The number of carboxylic acid groups (broad SMARTS) is 1. The van der Waals surface area contributed by atoms with Crippen LogP contribution in [0.2, 0.25) is 0 Å². The Labute approximate surface area is 101 Å². The molecule has 0 saturated heterocycles. The van der Waals surface area contributed by atoms with E-state index in [0.29, 0.717) is 6.42 Å². The van der Waals surface area contributed by atoms with E-state index in [1.807, 2.05) is 30.3 Å². The normalized spacial score (nSPS) is 10.2.